The maximum Gasteiger partial charge on any atom is 0.129 e. The predicted octanol–water partition coefficient (Wildman–Crippen LogP) is 2.90. The maximum atomic E-state index is 13.2. The summed E-state index contributed by atoms with van der Waals surface area (Å²) in [5.41, 5.74) is 0.649. The summed E-state index contributed by atoms with van der Waals surface area (Å²) in [6, 6.07) is 5.48. The zero-order valence-electron chi connectivity index (χ0n) is 10.2. The predicted molar refractivity (Wildman–Crippen MR) is 64.4 cm³/mol. The normalized spacial score (nSPS) is 12.5. The minimum atomic E-state index is -0.207. The van der Waals surface area contributed by atoms with Gasteiger partial charge in [-0.2, -0.15) is 0 Å². The van der Waals surface area contributed by atoms with Crippen LogP contribution in [0.1, 0.15) is 25.3 Å². The molecule has 0 spiro atoms. The molecule has 0 aliphatic heterocycles. The molecule has 0 aliphatic carbocycles. The zero-order valence-corrected chi connectivity index (χ0v) is 10.2. The van der Waals surface area contributed by atoms with Crippen molar-refractivity contribution in [3.05, 3.63) is 29.6 Å². The monoisotopic (exact) mass is 225 g/mol. The van der Waals surface area contributed by atoms with Crippen LogP contribution >= 0.6 is 0 Å². The molecule has 16 heavy (non-hydrogen) atoms. The second-order valence-electron chi connectivity index (χ2n) is 4.09. The molecule has 1 aromatic carbocycles. The summed E-state index contributed by atoms with van der Waals surface area (Å²) in [6.07, 6.45) is 2.03. The number of nitrogens with one attached hydrogen (secondary N) is 1. The van der Waals surface area contributed by atoms with Gasteiger partial charge >= 0.3 is 0 Å². The van der Waals surface area contributed by atoms with E-state index in [1.54, 1.807) is 19.1 Å². The molecule has 1 atom stereocenters. The highest BCUT2D eigenvalue weighted by molar-refractivity contribution is 5.27. The Morgan fingerprint density at radius 2 is 2.19 bits per heavy atom. The van der Waals surface area contributed by atoms with Crippen LogP contribution in [0.3, 0.4) is 0 Å². The fourth-order valence-corrected chi connectivity index (χ4v) is 1.39. The second kappa shape index (κ2) is 6.48. The van der Waals surface area contributed by atoms with Crippen molar-refractivity contribution in [3.8, 4) is 5.75 Å². The molecule has 0 saturated heterocycles. The van der Waals surface area contributed by atoms with Gasteiger partial charge in [0.1, 0.15) is 11.6 Å². The first-order valence-electron chi connectivity index (χ1n) is 5.69. The molecule has 0 amide bonds. The quantitative estimate of drug-likeness (QED) is 0.752. The van der Waals surface area contributed by atoms with Crippen LogP contribution in [0.5, 0.6) is 5.75 Å². The van der Waals surface area contributed by atoms with Crippen molar-refractivity contribution in [3.63, 3.8) is 0 Å². The molecule has 1 rings (SSSR count). The third kappa shape index (κ3) is 4.19. The third-order valence-corrected chi connectivity index (χ3v) is 2.69. The van der Waals surface area contributed by atoms with E-state index in [0.29, 0.717) is 24.0 Å². The molecule has 0 aromatic heterocycles. The molecule has 0 fully saturated rings. The summed E-state index contributed by atoms with van der Waals surface area (Å²) in [7, 11) is 1.95. The Morgan fingerprint density at radius 1 is 1.44 bits per heavy atom. The Labute approximate surface area is 96.8 Å². The lowest BCUT2D eigenvalue weighted by atomic mass is 10.2. The largest absolute Gasteiger partial charge is 0.493 e. The Kier molecular flexibility index (Phi) is 5.26. The molecule has 2 nitrogen and oxygen atoms in total. The summed E-state index contributed by atoms with van der Waals surface area (Å²) in [5, 5.41) is 3.16. The highest BCUT2D eigenvalue weighted by atomic mass is 19.1. The Hall–Kier alpha value is -1.09. The smallest absolute Gasteiger partial charge is 0.129 e. The van der Waals surface area contributed by atoms with E-state index < -0.39 is 0 Å². The lowest BCUT2D eigenvalue weighted by Gasteiger charge is -2.10. The van der Waals surface area contributed by atoms with Crippen molar-refractivity contribution in [2.45, 2.75) is 32.7 Å². The van der Waals surface area contributed by atoms with Gasteiger partial charge in [0.2, 0.25) is 0 Å². The summed E-state index contributed by atoms with van der Waals surface area (Å²) in [5.74, 6) is 0.404. The van der Waals surface area contributed by atoms with Crippen molar-refractivity contribution in [2.75, 3.05) is 13.7 Å². The zero-order chi connectivity index (χ0) is 12.0. The van der Waals surface area contributed by atoms with Gasteiger partial charge in [-0.3, -0.25) is 0 Å². The Morgan fingerprint density at radius 3 is 2.81 bits per heavy atom. The second-order valence-corrected chi connectivity index (χ2v) is 4.09. The van der Waals surface area contributed by atoms with Crippen LogP contribution in [0, 0.1) is 12.7 Å². The average Bonchev–Trinajstić information content (AvgIpc) is 2.28. The molecular weight excluding hydrogens is 205 g/mol. The number of hydrogen-bond donors (Lipinski definition) is 1. The van der Waals surface area contributed by atoms with Crippen LogP contribution in [0.4, 0.5) is 4.39 Å². The number of rotatable bonds is 6. The van der Waals surface area contributed by atoms with E-state index in [1.165, 1.54) is 6.07 Å². The van der Waals surface area contributed by atoms with Gasteiger partial charge in [-0.05, 0) is 45.4 Å². The number of halogens is 1. The van der Waals surface area contributed by atoms with Crippen LogP contribution < -0.4 is 10.1 Å². The minimum Gasteiger partial charge on any atom is -0.493 e. The van der Waals surface area contributed by atoms with E-state index in [2.05, 4.69) is 12.2 Å². The van der Waals surface area contributed by atoms with Gasteiger partial charge in [0, 0.05) is 12.1 Å². The summed E-state index contributed by atoms with van der Waals surface area (Å²) in [6.45, 7) is 4.51. The van der Waals surface area contributed by atoms with E-state index in [9.17, 15) is 4.39 Å². The van der Waals surface area contributed by atoms with Crippen molar-refractivity contribution in [2.24, 2.45) is 0 Å². The summed E-state index contributed by atoms with van der Waals surface area (Å²) in [4.78, 5) is 0. The SMILES string of the molecule is CNC(C)CCCOc1ccc(C)c(F)c1. The molecule has 0 aliphatic rings. The van der Waals surface area contributed by atoms with Gasteiger partial charge in [0.05, 0.1) is 6.61 Å². The fourth-order valence-electron chi connectivity index (χ4n) is 1.39. The topological polar surface area (TPSA) is 21.3 Å². The van der Waals surface area contributed by atoms with Crippen molar-refractivity contribution < 1.29 is 9.13 Å². The molecule has 0 saturated carbocycles. The molecule has 1 N–H and O–H groups in total. The molecule has 0 bridgehead atoms. The first kappa shape index (κ1) is 13.0. The maximum absolute atomic E-state index is 13.2. The first-order valence-corrected chi connectivity index (χ1v) is 5.69. The average molecular weight is 225 g/mol. The first-order chi connectivity index (χ1) is 7.63. The Bertz CT molecular complexity index is 328. The van der Waals surface area contributed by atoms with Gasteiger partial charge < -0.3 is 10.1 Å². The summed E-state index contributed by atoms with van der Waals surface area (Å²) < 4.78 is 18.7. The molecule has 1 aromatic rings. The highest BCUT2D eigenvalue weighted by Gasteiger charge is 2.01. The van der Waals surface area contributed by atoms with Crippen LogP contribution in [-0.4, -0.2) is 19.7 Å². The van der Waals surface area contributed by atoms with E-state index >= 15 is 0 Å². The van der Waals surface area contributed by atoms with Gasteiger partial charge in [-0.15, -0.1) is 0 Å². The highest BCUT2D eigenvalue weighted by Crippen LogP contribution is 2.16. The number of aryl methyl sites for hydroxylation is 1. The number of benzene rings is 1. The standard InChI is InChI=1S/C13H20FNO/c1-10-6-7-12(9-13(10)14)16-8-4-5-11(2)15-3/h6-7,9,11,15H,4-5,8H2,1-3H3. The van der Waals surface area contributed by atoms with E-state index in [1.807, 2.05) is 7.05 Å². The van der Waals surface area contributed by atoms with Gasteiger partial charge in [0.15, 0.2) is 0 Å². The number of ether oxygens (including phenoxy) is 1. The third-order valence-electron chi connectivity index (χ3n) is 2.69. The lowest BCUT2D eigenvalue weighted by Crippen LogP contribution is -2.21. The van der Waals surface area contributed by atoms with Crippen LogP contribution in [0.15, 0.2) is 18.2 Å². The van der Waals surface area contributed by atoms with Gasteiger partial charge in [-0.25, -0.2) is 4.39 Å². The van der Waals surface area contributed by atoms with Crippen LogP contribution in [0.2, 0.25) is 0 Å². The molecular formula is C13H20FNO. The van der Waals surface area contributed by atoms with Gasteiger partial charge in [-0.1, -0.05) is 6.07 Å². The molecule has 3 heteroatoms. The molecule has 90 valence electrons. The molecule has 0 radical (unpaired) electrons. The van der Waals surface area contributed by atoms with Gasteiger partial charge in [0.25, 0.3) is 0 Å². The van der Waals surface area contributed by atoms with Crippen LogP contribution in [0.25, 0.3) is 0 Å². The summed E-state index contributed by atoms with van der Waals surface area (Å²) >= 11 is 0. The molecule has 1 unspecified atom stereocenters. The van der Waals surface area contributed by atoms with E-state index in [0.717, 1.165) is 12.8 Å². The molecule has 0 heterocycles. The fraction of sp³-hybridized carbons (Fsp3) is 0.538. The number of hydrogen-bond acceptors (Lipinski definition) is 2. The van der Waals surface area contributed by atoms with Crippen molar-refractivity contribution in [1.29, 1.82) is 0 Å². The van der Waals surface area contributed by atoms with E-state index in [4.69, 9.17) is 4.74 Å². The Balaban J connectivity index is 2.29. The van der Waals surface area contributed by atoms with Crippen molar-refractivity contribution in [1.82, 2.24) is 5.32 Å². The lowest BCUT2D eigenvalue weighted by molar-refractivity contribution is 0.298. The minimum absolute atomic E-state index is 0.207. The van der Waals surface area contributed by atoms with Crippen LogP contribution in [-0.2, 0) is 0 Å². The van der Waals surface area contributed by atoms with E-state index in [-0.39, 0.29) is 5.82 Å². The van der Waals surface area contributed by atoms with Crippen molar-refractivity contribution >= 4 is 0 Å².